The van der Waals surface area contributed by atoms with Gasteiger partial charge in [-0.1, -0.05) is 32.8 Å². The molecule has 2 aliphatic rings. The first kappa shape index (κ1) is 15.4. The largest absolute Gasteiger partial charge is 0.355 e. The minimum Gasteiger partial charge on any atom is -0.355 e. The van der Waals surface area contributed by atoms with E-state index >= 15 is 0 Å². The molecule has 4 heteroatoms. The van der Waals surface area contributed by atoms with E-state index in [1.165, 1.54) is 12.1 Å². The van der Waals surface area contributed by atoms with Gasteiger partial charge in [0.25, 0.3) is 0 Å². The van der Waals surface area contributed by atoms with Crippen molar-refractivity contribution in [3.63, 3.8) is 0 Å². The molecule has 1 aromatic carbocycles. The minimum absolute atomic E-state index is 0.0853. The summed E-state index contributed by atoms with van der Waals surface area (Å²) in [4.78, 5) is 12.2. The summed E-state index contributed by atoms with van der Waals surface area (Å²) in [6, 6.07) is 3.76. The van der Waals surface area contributed by atoms with Crippen LogP contribution in [0.5, 0.6) is 0 Å². The van der Waals surface area contributed by atoms with Gasteiger partial charge >= 0.3 is 0 Å². The molecule has 120 valence electrons. The molecule has 0 bridgehead atoms. The maximum atomic E-state index is 14.2. The number of halogens is 2. The molecule has 0 aliphatic heterocycles. The first-order chi connectivity index (χ1) is 10.4. The molecule has 1 aromatic rings. The molecule has 1 amide bonds. The zero-order valence-corrected chi connectivity index (χ0v) is 13.2. The lowest BCUT2D eigenvalue weighted by molar-refractivity contribution is -0.124. The molecule has 2 aliphatic carbocycles. The van der Waals surface area contributed by atoms with Crippen molar-refractivity contribution in [1.82, 2.24) is 5.32 Å². The third kappa shape index (κ3) is 2.53. The van der Waals surface area contributed by atoms with Gasteiger partial charge in [-0.3, -0.25) is 4.79 Å². The molecule has 0 radical (unpaired) electrons. The van der Waals surface area contributed by atoms with Crippen molar-refractivity contribution in [3.05, 3.63) is 35.4 Å². The Bertz CT molecular complexity index is 593. The molecule has 0 aromatic heterocycles. The maximum Gasteiger partial charge on any atom is 0.223 e. The van der Waals surface area contributed by atoms with Crippen molar-refractivity contribution in [2.75, 3.05) is 6.54 Å². The number of hydrogen-bond donors (Lipinski definition) is 1. The van der Waals surface area contributed by atoms with Gasteiger partial charge in [-0.15, -0.1) is 0 Å². The van der Waals surface area contributed by atoms with E-state index in [1.54, 1.807) is 0 Å². The van der Waals surface area contributed by atoms with Gasteiger partial charge in [-0.05, 0) is 36.3 Å². The molecule has 22 heavy (non-hydrogen) atoms. The summed E-state index contributed by atoms with van der Waals surface area (Å²) in [6.45, 7) is 4.56. The molecule has 3 rings (SSSR count). The normalized spacial score (nSPS) is 26.9. The van der Waals surface area contributed by atoms with Gasteiger partial charge in [-0.2, -0.15) is 0 Å². The highest BCUT2D eigenvalue weighted by Crippen LogP contribution is 2.64. The second-order valence-electron chi connectivity index (χ2n) is 7.47. The highest BCUT2D eigenvalue weighted by Gasteiger charge is 2.62. The van der Waals surface area contributed by atoms with Gasteiger partial charge in [0.2, 0.25) is 5.91 Å². The van der Waals surface area contributed by atoms with E-state index in [-0.39, 0.29) is 17.2 Å². The number of benzene rings is 1. The van der Waals surface area contributed by atoms with Crippen molar-refractivity contribution in [2.24, 2.45) is 11.3 Å². The fourth-order valence-corrected chi connectivity index (χ4v) is 4.01. The van der Waals surface area contributed by atoms with Crippen LogP contribution in [0.2, 0.25) is 0 Å². The van der Waals surface area contributed by atoms with Crippen molar-refractivity contribution in [2.45, 2.75) is 51.4 Å². The molecule has 2 nitrogen and oxygen atoms in total. The molecule has 2 fully saturated rings. The van der Waals surface area contributed by atoms with Crippen molar-refractivity contribution in [3.8, 4) is 0 Å². The molecular weight excluding hydrogens is 284 g/mol. The van der Waals surface area contributed by atoms with Crippen LogP contribution in [0.3, 0.4) is 0 Å². The Morgan fingerprint density at radius 2 is 1.91 bits per heavy atom. The van der Waals surface area contributed by atoms with Gasteiger partial charge in [0, 0.05) is 23.9 Å². The Balaban J connectivity index is 1.77. The van der Waals surface area contributed by atoms with Crippen molar-refractivity contribution < 1.29 is 13.6 Å². The van der Waals surface area contributed by atoms with Crippen LogP contribution >= 0.6 is 0 Å². The average Bonchev–Trinajstić information content (AvgIpc) is 2.81. The molecule has 1 atom stereocenters. The van der Waals surface area contributed by atoms with Gasteiger partial charge in [0.05, 0.1) is 0 Å². The second-order valence-corrected chi connectivity index (χ2v) is 7.47. The summed E-state index contributed by atoms with van der Waals surface area (Å²) in [6.07, 6.45) is 4.93. The lowest BCUT2D eigenvalue weighted by Gasteiger charge is -2.23. The molecule has 0 spiro atoms. The Morgan fingerprint density at radius 3 is 2.45 bits per heavy atom. The third-order valence-corrected chi connectivity index (χ3v) is 5.65. The molecule has 2 saturated carbocycles. The van der Waals surface area contributed by atoms with Crippen LogP contribution in [0.4, 0.5) is 8.78 Å². The third-order valence-electron chi connectivity index (χ3n) is 5.65. The predicted molar refractivity (Wildman–Crippen MR) is 81.4 cm³/mol. The van der Waals surface area contributed by atoms with Gasteiger partial charge in [-0.25, -0.2) is 8.78 Å². The van der Waals surface area contributed by atoms with Crippen LogP contribution in [0.1, 0.15) is 51.5 Å². The highest BCUT2D eigenvalue weighted by atomic mass is 19.1. The van der Waals surface area contributed by atoms with Crippen LogP contribution in [0.15, 0.2) is 18.2 Å². The van der Waals surface area contributed by atoms with Crippen LogP contribution < -0.4 is 5.32 Å². The van der Waals surface area contributed by atoms with E-state index in [2.05, 4.69) is 19.2 Å². The maximum absolute atomic E-state index is 14.2. The Labute approximate surface area is 130 Å². The van der Waals surface area contributed by atoms with Crippen molar-refractivity contribution >= 4 is 5.91 Å². The predicted octanol–water partition coefficient (Wildman–Crippen LogP) is 3.94. The molecule has 1 N–H and O–H groups in total. The fourth-order valence-electron chi connectivity index (χ4n) is 4.01. The number of carbonyl (C=O) groups is 1. The van der Waals surface area contributed by atoms with E-state index in [9.17, 15) is 13.6 Å². The summed E-state index contributed by atoms with van der Waals surface area (Å²) in [7, 11) is 0. The lowest BCUT2D eigenvalue weighted by atomic mass is 9.87. The number of amides is 1. The first-order valence-corrected chi connectivity index (χ1v) is 8.09. The van der Waals surface area contributed by atoms with Crippen LogP contribution in [-0.4, -0.2) is 12.5 Å². The second kappa shape index (κ2) is 5.32. The highest BCUT2D eigenvalue weighted by molar-refractivity contribution is 5.79. The molecule has 0 heterocycles. The van der Waals surface area contributed by atoms with Gasteiger partial charge < -0.3 is 5.32 Å². The number of nitrogens with one attached hydrogen (secondary N) is 1. The first-order valence-electron chi connectivity index (χ1n) is 8.09. The molecule has 1 unspecified atom stereocenters. The van der Waals surface area contributed by atoms with Crippen LogP contribution in [0, 0.1) is 23.0 Å². The van der Waals surface area contributed by atoms with Crippen molar-refractivity contribution in [1.29, 1.82) is 0 Å². The van der Waals surface area contributed by atoms with E-state index in [1.807, 2.05) is 0 Å². The quantitative estimate of drug-likeness (QED) is 0.897. The van der Waals surface area contributed by atoms with E-state index in [0.29, 0.717) is 12.1 Å². The number of rotatable bonds is 4. The monoisotopic (exact) mass is 307 g/mol. The average molecular weight is 307 g/mol. The summed E-state index contributed by atoms with van der Waals surface area (Å²) in [5, 5.41) is 3.02. The zero-order chi connectivity index (χ0) is 16.0. The summed E-state index contributed by atoms with van der Waals surface area (Å²) in [5.41, 5.74) is 0.0128. The lowest BCUT2D eigenvalue weighted by Crippen LogP contribution is -2.38. The Kier molecular flexibility index (Phi) is 3.74. The number of hydrogen-bond acceptors (Lipinski definition) is 1. The molecule has 0 saturated heterocycles. The molecular formula is C18H23F2NO. The van der Waals surface area contributed by atoms with Gasteiger partial charge in [0.15, 0.2) is 0 Å². The fraction of sp³-hybridized carbons (Fsp3) is 0.611. The standard InChI is InChI=1S/C18H23F2NO/c1-17(2)10-18(17,14-8-7-13(19)9-15(14)20)11-21-16(22)12-5-3-4-6-12/h7-9,12H,3-6,10-11H2,1-2H3,(H,21,22). The Hall–Kier alpha value is -1.45. The van der Waals surface area contributed by atoms with E-state index in [0.717, 1.165) is 38.2 Å². The summed E-state index contributed by atoms with van der Waals surface area (Å²) < 4.78 is 27.4. The minimum atomic E-state index is -0.565. The smallest absolute Gasteiger partial charge is 0.223 e. The van der Waals surface area contributed by atoms with E-state index in [4.69, 9.17) is 0 Å². The van der Waals surface area contributed by atoms with E-state index < -0.39 is 17.0 Å². The SMILES string of the molecule is CC1(C)CC1(CNC(=O)C1CCCC1)c1ccc(F)cc1F. The van der Waals surface area contributed by atoms with Crippen LogP contribution in [-0.2, 0) is 10.2 Å². The topological polar surface area (TPSA) is 29.1 Å². The Morgan fingerprint density at radius 1 is 1.27 bits per heavy atom. The van der Waals surface area contributed by atoms with Crippen LogP contribution in [0.25, 0.3) is 0 Å². The zero-order valence-electron chi connectivity index (χ0n) is 13.2. The summed E-state index contributed by atoms with van der Waals surface area (Å²) in [5.74, 6) is -0.885. The summed E-state index contributed by atoms with van der Waals surface area (Å²) >= 11 is 0. The number of carbonyl (C=O) groups excluding carboxylic acids is 1. The van der Waals surface area contributed by atoms with Gasteiger partial charge in [0.1, 0.15) is 11.6 Å².